The van der Waals surface area contributed by atoms with Gasteiger partial charge in [-0.1, -0.05) is 17.9 Å². The molecule has 30 heavy (non-hydrogen) atoms. The van der Waals surface area contributed by atoms with E-state index in [4.69, 9.17) is 5.73 Å². The minimum absolute atomic E-state index is 0.0707. The van der Waals surface area contributed by atoms with Crippen LogP contribution in [0, 0.1) is 0 Å². The van der Waals surface area contributed by atoms with E-state index < -0.39 is 11.8 Å². The lowest BCUT2D eigenvalue weighted by Gasteiger charge is -2.12. The molecule has 3 aromatic rings. The van der Waals surface area contributed by atoms with Crippen LogP contribution in [0.4, 0.5) is 5.13 Å². The maximum absolute atomic E-state index is 12.6. The molecule has 0 bridgehead atoms. The maximum atomic E-state index is 12.6. The number of Topliss-reactive ketones (excluding diaryl/α,β-unsaturated/α-hetero) is 1. The molecule has 10 heteroatoms. The van der Waals surface area contributed by atoms with Crippen LogP contribution in [0.5, 0.6) is 0 Å². The minimum atomic E-state index is -0.670. The smallest absolute Gasteiger partial charge is 0.250 e. The van der Waals surface area contributed by atoms with E-state index in [1.807, 2.05) is 0 Å². The standard InChI is InChI=1S/C20H18N6O3S/c1-10(19(29)26-20-25-9-17(30-20)12(3)27)13-4-14(6-22-5-13)16-8-23-15(7-24-16)11(2)18(21)28/h4-10H,2H2,1,3H3,(H2,21,28)(H,25,26,29). The molecule has 3 aromatic heterocycles. The second kappa shape index (κ2) is 8.70. The molecule has 1 atom stereocenters. The van der Waals surface area contributed by atoms with Crippen molar-refractivity contribution in [2.45, 2.75) is 19.8 Å². The fraction of sp³-hybridized carbons (Fsp3) is 0.150. The van der Waals surface area contributed by atoms with Crippen LogP contribution >= 0.6 is 11.3 Å². The molecule has 0 aliphatic carbocycles. The molecule has 0 fully saturated rings. The van der Waals surface area contributed by atoms with E-state index in [1.54, 1.807) is 25.4 Å². The van der Waals surface area contributed by atoms with Gasteiger partial charge in [0.25, 0.3) is 0 Å². The van der Waals surface area contributed by atoms with Crippen molar-refractivity contribution in [2.24, 2.45) is 5.73 Å². The summed E-state index contributed by atoms with van der Waals surface area (Å²) < 4.78 is 0. The van der Waals surface area contributed by atoms with Gasteiger partial charge in [-0.15, -0.1) is 0 Å². The number of nitrogens with one attached hydrogen (secondary N) is 1. The summed E-state index contributed by atoms with van der Waals surface area (Å²) in [6, 6.07) is 1.78. The van der Waals surface area contributed by atoms with Crippen molar-refractivity contribution in [3.8, 4) is 11.3 Å². The molecule has 3 N–H and O–H groups in total. The Hall–Kier alpha value is -3.79. The first kappa shape index (κ1) is 20.9. The van der Waals surface area contributed by atoms with Crippen LogP contribution in [0.15, 0.2) is 43.6 Å². The first-order chi connectivity index (χ1) is 14.3. The van der Waals surface area contributed by atoms with Gasteiger partial charge in [0.1, 0.15) is 0 Å². The molecular weight excluding hydrogens is 404 g/mol. The molecule has 0 spiro atoms. The Bertz CT molecular complexity index is 1140. The molecule has 0 aromatic carbocycles. The third-order valence-corrected chi connectivity index (χ3v) is 5.30. The molecule has 2 amide bonds. The van der Waals surface area contributed by atoms with Gasteiger partial charge in [-0.3, -0.25) is 29.3 Å². The van der Waals surface area contributed by atoms with Gasteiger partial charge in [0.15, 0.2) is 10.9 Å². The van der Waals surface area contributed by atoms with Crippen molar-refractivity contribution in [3.63, 3.8) is 0 Å². The fourth-order valence-corrected chi connectivity index (χ4v) is 3.17. The Morgan fingerprint density at radius 3 is 2.47 bits per heavy atom. The molecule has 9 nitrogen and oxygen atoms in total. The van der Waals surface area contributed by atoms with E-state index in [-0.39, 0.29) is 23.0 Å². The first-order valence-corrected chi connectivity index (χ1v) is 9.62. The van der Waals surface area contributed by atoms with Gasteiger partial charge in [-0.25, -0.2) is 4.98 Å². The summed E-state index contributed by atoms with van der Waals surface area (Å²) in [5.41, 5.74) is 7.40. The van der Waals surface area contributed by atoms with E-state index in [9.17, 15) is 14.4 Å². The Labute approximate surface area is 176 Å². The summed E-state index contributed by atoms with van der Waals surface area (Å²) in [5.74, 6) is -1.58. The number of primary amides is 1. The molecule has 0 saturated heterocycles. The minimum Gasteiger partial charge on any atom is -0.366 e. The maximum Gasteiger partial charge on any atom is 0.250 e. The number of carbonyl (C=O) groups excluding carboxylic acids is 3. The van der Waals surface area contributed by atoms with Crippen LogP contribution in [0.25, 0.3) is 16.8 Å². The molecular formula is C20H18N6O3S. The molecule has 0 saturated carbocycles. The normalized spacial score (nSPS) is 11.5. The Morgan fingerprint density at radius 1 is 1.10 bits per heavy atom. The lowest BCUT2D eigenvalue weighted by molar-refractivity contribution is -0.117. The number of amides is 2. The fourth-order valence-electron chi connectivity index (χ4n) is 2.45. The van der Waals surface area contributed by atoms with Gasteiger partial charge in [-0.05, 0) is 18.6 Å². The Morgan fingerprint density at radius 2 is 1.87 bits per heavy atom. The molecule has 1 unspecified atom stereocenters. The molecule has 3 rings (SSSR count). The highest BCUT2D eigenvalue weighted by molar-refractivity contribution is 7.17. The zero-order valence-corrected chi connectivity index (χ0v) is 17.1. The van der Waals surface area contributed by atoms with Crippen molar-refractivity contribution >= 4 is 39.6 Å². The third-order valence-electron chi connectivity index (χ3n) is 4.29. The van der Waals surface area contributed by atoms with E-state index in [2.05, 4.69) is 31.8 Å². The highest BCUT2D eigenvalue weighted by atomic mass is 32.1. The number of carbonyl (C=O) groups is 3. The average molecular weight is 422 g/mol. The molecule has 3 heterocycles. The quantitative estimate of drug-likeness (QED) is 0.440. The van der Waals surface area contributed by atoms with Crippen LogP contribution in [0.2, 0.25) is 0 Å². The van der Waals surface area contributed by atoms with Crippen molar-refractivity contribution in [2.75, 3.05) is 5.32 Å². The summed E-state index contributed by atoms with van der Waals surface area (Å²) in [5, 5.41) is 3.07. The number of pyridine rings is 1. The number of hydrogen-bond donors (Lipinski definition) is 2. The van der Waals surface area contributed by atoms with Crippen LogP contribution in [-0.2, 0) is 9.59 Å². The van der Waals surface area contributed by atoms with Crippen LogP contribution in [0.1, 0.15) is 40.7 Å². The van der Waals surface area contributed by atoms with Crippen LogP contribution in [0.3, 0.4) is 0 Å². The van der Waals surface area contributed by atoms with Gasteiger partial charge < -0.3 is 11.1 Å². The predicted molar refractivity (Wildman–Crippen MR) is 113 cm³/mol. The highest BCUT2D eigenvalue weighted by Gasteiger charge is 2.19. The number of nitrogens with zero attached hydrogens (tertiary/aromatic N) is 4. The summed E-state index contributed by atoms with van der Waals surface area (Å²) in [4.78, 5) is 52.3. The van der Waals surface area contributed by atoms with Crippen molar-refractivity contribution in [3.05, 3.63) is 59.8 Å². The molecule has 0 radical (unpaired) electrons. The summed E-state index contributed by atoms with van der Waals surface area (Å²) in [7, 11) is 0. The second-order valence-corrected chi connectivity index (χ2v) is 7.46. The highest BCUT2D eigenvalue weighted by Crippen LogP contribution is 2.24. The van der Waals surface area contributed by atoms with Gasteiger partial charge in [0, 0.05) is 24.9 Å². The van der Waals surface area contributed by atoms with Gasteiger partial charge >= 0.3 is 0 Å². The number of thiazole rings is 1. The average Bonchev–Trinajstić information content (AvgIpc) is 3.21. The van der Waals surface area contributed by atoms with Crippen molar-refractivity contribution in [1.82, 2.24) is 19.9 Å². The topological polar surface area (TPSA) is 141 Å². The molecule has 0 aliphatic heterocycles. The zero-order valence-electron chi connectivity index (χ0n) is 16.2. The number of rotatable bonds is 7. The van der Waals surface area contributed by atoms with Gasteiger partial charge in [0.2, 0.25) is 11.8 Å². The number of aromatic nitrogens is 4. The monoisotopic (exact) mass is 422 g/mol. The predicted octanol–water partition coefficient (Wildman–Crippen LogP) is 2.44. The van der Waals surface area contributed by atoms with E-state index in [0.29, 0.717) is 26.8 Å². The number of anilines is 1. The Balaban J connectivity index is 1.76. The van der Waals surface area contributed by atoms with Crippen LogP contribution < -0.4 is 11.1 Å². The zero-order chi connectivity index (χ0) is 21.8. The summed E-state index contributed by atoms with van der Waals surface area (Å²) >= 11 is 1.12. The summed E-state index contributed by atoms with van der Waals surface area (Å²) in [6.45, 7) is 6.75. The van der Waals surface area contributed by atoms with E-state index >= 15 is 0 Å². The largest absolute Gasteiger partial charge is 0.366 e. The third kappa shape index (κ3) is 4.61. The first-order valence-electron chi connectivity index (χ1n) is 8.80. The lowest BCUT2D eigenvalue weighted by atomic mass is 10.00. The number of nitrogens with two attached hydrogens (primary N) is 1. The van der Waals surface area contributed by atoms with E-state index in [1.165, 1.54) is 25.5 Å². The van der Waals surface area contributed by atoms with Crippen LogP contribution in [-0.4, -0.2) is 37.5 Å². The van der Waals surface area contributed by atoms with E-state index in [0.717, 1.165) is 11.3 Å². The lowest BCUT2D eigenvalue weighted by Crippen LogP contribution is -2.19. The Kier molecular flexibility index (Phi) is 6.07. The SMILES string of the molecule is C=C(C(N)=O)c1cnc(-c2cncc(C(C)C(=O)Nc3ncc(C(C)=O)s3)c2)cn1. The number of hydrogen-bond acceptors (Lipinski definition) is 8. The van der Waals surface area contributed by atoms with Gasteiger partial charge in [-0.2, -0.15) is 0 Å². The molecule has 152 valence electrons. The van der Waals surface area contributed by atoms with Crippen molar-refractivity contribution < 1.29 is 14.4 Å². The summed E-state index contributed by atoms with van der Waals surface area (Å²) in [6.07, 6.45) is 7.51. The van der Waals surface area contributed by atoms with Crippen molar-refractivity contribution in [1.29, 1.82) is 0 Å². The second-order valence-electron chi connectivity index (χ2n) is 6.43. The number of ketones is 1. The van der Waals surface area contributed by atoms with Gasteiger partial charge in [0.05, 0.1) is 46.3 Å². The molecule has 0 aliphatic rings.